The second-order valence-electron chi connectivity index (χ2n) is 8.24. The van der Waals surface area contributed by atoms with Crippen LogP contribution in [0, 0.1) is 11.7 Å². The molecule has 34 heavy (non-hydrogen) atoms. The first-order valence-corrected chi connectivity index (χ1v) is 10.8. The van der Waals surface area contributed by atoms with Crippen LogP contribution in [-0.4, -0.2) is 31.9 Å². The standard InChI is InChI=1S/C24H22FN5O4/c1-15(10-22(31)26-13-16-5-6-19-20(11-16)34-14-33-19)9-21-27-28-23-24(32)29(7-8-30(21)23)18-4-2-3-17(25)12-18/h2-8,11-12,15H,9-10,13-14H2,1H3,(H,26,31). The van der Waals surface area contributed by atoms with Crippen molar-refractivity contribution < 1.29 is 18.7 Å². The minimum Gasteiger partial charge on any atom is -0.454 e. The highest BCUT2D eigenvalue weighted by atomic mass is 19.1. The Hall–Kier alpha value is -4.21. The molecule has 1 amide bonds. The molecule has 0 saturated heterocycles. The summed E-state index contributed by atoms with van der Waals surface area (Å²) in [4.78, 5) is 25.3. The van der Waals surface area contributed by atoms with Gasteiger partial charge in [0.05, 0.1) is 5.69 Å². The zero-order valence-electron chi connectivity index (χ0n) is 18.4. The van der Waals surface area contributed by atoms with Gasteiger partial charge in [0, 0.05) is 31.8 Å². The summed E-state index contributed by atoms with van der Waals surface area (Å²) in [5.74, 6) is 1.40. The molecule has 0 aliphatic carbocycles. The number of fused-ring (bicyclic) bond motifs is 2. The molecule has 3 heterocycles. The summed E-state index contributed by atoms with van der Waals surface area (Å²) in [5.41, 5.74) is 1.06. The van der Waals surface area contributed by atoms with Crippen LogP contribution in [0.5, 0.6) is 11.5 Å². The van der Waals surface area contributed by atoms with Gasteiger partial charge in [-0.1, -0.05) is 19.1 Å². The van der Waals surface area contributed by atoms with Crippen LogP contribution in [0.3, 0.4) is 0 Å². The van der Waals surface area contributed by atoms with Crippen LogP contribution in [0.4, 0.5) is 4.39 Å². The van der Waals surface area contributed by atoms with Gasteiger partial charge in [0.15, 0.2) is 11.5 Å². The Balaban J connectivity index is 1.23. The van der Waals surface area contributed by atoms with Crippen molar-refractivity contribution in [3.8, 4) is 17.2 Å². The molecular weight excluding hydrogens is 441 g/mol. The number of aromatic nitrogens is 4. The molecule has 2 aromatic heterocycles. The molecule has 0 bridgehead atoms. The lowest BCUT2D eigenvalue weighted by atomic mass is 10.0. The highest BCUT2D eigenvalue weighted by Crippen LogP contribution is 2.32. The molecule has 5 rings (SSSR count). The topological polar surface area (TPSA) is 99.8 Å². The first-order valence-electron chi connectivity index (χ1n) is 10.8. The summed E-state index contributed by atoms with van der Waals surface area (Å²) < 4.78 is 27.2. The normalized spacial score (nSPS) is 13.2. The van der Waals surface area contributed by atoms with Gasteiger partial charge in [-0.15, -0.1) is 10.2 Å². The Morgan fingerprint density at radius 3 is 2.85 bits per heavy atom. The van der Waals surface area contributed by atoms with Crippen molar-refractivity contribution in [2.45, 2.75) is 26.3 Å². The molecule has 1 aliphatic rings. The SMILES string of the molecule is CC(CC(=O)NCc1ccc2c(c1)OCO2)Cc1nnc2c(=O)n(-c3cccc(F)c3)ccn12. The lowest BCUT2D eigenvalue weighted by molar-refractivity contribution is -0.122. The molecule has 0 spiro atoms. The number of ether oxygens (including phenoxy) is 2. The summed E-state index contributed by atoms with van der Waals surface area (Å²) in [5, 5.41) is 11.1. The predicted molar refractivity (Wildman–Crippen MR) is 120 cm³/mol. The van der Waals surface area contributed by atoms with Gasteiger partial charge in [0.1, 0.15) is 11.6 Å². The van der Waals surface area contributed by atoms with Crippen LogP contribution in [0.25, 0.3) is 11.3 Å². The monoisotopic (exact) mass is 463 g/mol. The minimum atomic E-state index is -0.433. The van der Waals surface area contributed by atoms with Gasteiger partial charge in [-0.3, -0.25) is 18.6 Å². The number of hydrogen-bond donors (Lipinski definition) is 1. The number of carbonyl (C=O) groups is 1. The fourth-order valence-corrected chi connectivity index (χ4v) is 3.93. The van der Waals surface area contributed by atoms with E-state index in [1.165, 1.54) is 22.8 Å². The van der Waals surface area contributed by atoms with Crippen molar-refractivity contribution >= 4 is 11.6 Å². The van der Waals surface area contributed by atoms with E-state index < -0.39 is 11.4 Å². The van der Waals surface area contributed by atoms with Crippen LogP contribution in [0.1, 0.15) is 24.7 Å². The fourth-order valence-electron chi connectivity index (χ4n) is 3.93. The molecular formula is C24H22FN5O4. The minimum absolute atomic E-state index is 0.0326. The second-order valence-corrected chi connectivity index (χ2v) is 8.24. The third-order valence-electron chi connectivity index (χ3n) is 5.62. The number of halogens is 1. The van der Waals surface area contributed by atoms with Gasteiger partial charge in [0.2, 0.25) is 18.3 Å². The third-order valence-corrected chi connectivity index (χ3v) is 5.62. The van der Waals surface area contributed by atoms with Crippen molar-refractivity contribution in [1.82, 2.24) is 24.5 Å². The Bertz CT molecular complexity index is 1430. The van der Waals surface area contributed by atoms with E-state index in [9.17, 15) is 14.0 Å². The van der Waals surface area contributed by atoms with Gasteiger partial charge in [-0.25, -0.2) is 4.39 Å². The van der Waals surface area contributed by atoms with Crippen molar-refractivity contribution in [1.29, 1.82) is 0 Å². The van der Waals surface area contributed by atoms with E-state index in [0.29, 0.717) is 42.4 Å². The molecule has 1 N–H and O–H groups in total. The maximum Gasteiger partial charge on any atom is 0.300 e. The van der Waals surface area contributed by atoms with E-state index in [4.69, 9.17) is 9.47 Å². The van der Waals surface area contributed by atoms with Gasteiger partial charge in [-0.05, 0) is 41.8 Å². The number of carbonyl (C=O) groups excluding carboxylic acids is 1. The predicted octanol–water partition coefficient (Wildman–Crippen LogP) is 2.63. The van der Waals surface area contributed by atoms with E-state index in [-0.39, 0.29) is 24.3 Å². The van der Waals surface area contributed by atoms with Crippen LogP contribution < -0.4 is 20.3 Å². The molecule has 0 saturated carbocycles. The fraction of sp³-hybridized carbons (Fsp3) is 0.250. The maximum atomic E-state index is 13.6. The van der Waals surface area contributed by atoms with E-state index in [1.807, 2.05) is 25.1 Å². The number of nitrogens with one attached hydrogen (secondary N) is 1. The summed E-state index contributed by atoms with van der Waals surface area (Å²) >= 11 is 0. The molecule has 0 fully saturated rings. The highest BCUT2D eigenvalue weighted by molar-refractivity contribution is 5.76. The molecule has 1 aliphatic heterocycles. The lowest BCUT2D eigenvalue weighted by Gasteiger charge is -2.11. The van der Waals surface area contributed by atoms with E-state index >= 15 is 0 Å². The van der Waals surface area contributed by atoms with Crippen molar-refractivity contribution in [2.24, 2.45) is 5.92 Å². The Morgan fingerprint density at radius 1 is 1.15 bits per heavy atom. The molecule has 1 atom stereocenters. The summed E-state index contributed by atoms with van der Waals surface area (Å²) in [6.45, 7) is 2.53. The zero-order chi connectivity index (χ0) is 23.7. The van der Waals surface area contributed by atoms with Crippen LogP contribution in [-0.2, 0) is 17.8 Å². The Morgan fingerprint density at radius 2 is 2.00 bits per heavy atom. The van der Waals surface area contributed by atoms with Gasteiger partial charge in [-0.2, -0.15) is 0 Å². The molecule has 10 heteroatoms. The average molecular weight is 463 g/mol. The average Bonchev–Trinajstić information content (AvgIpc) is 3.45. The smallest absolute Gasteiger partial charge is 0.300 e. The van der Waals surface area contributed by atoms with E-state index in [1.54, 1.807) is 22.9 Å². The van der Waals surface area contributed by atoms with Crippen LogP contribution in [0.15, 0.2) is 59.7 Å². The zero-order valence-corrected chi connectivity index (χ0v) is 18.4. The largest absolute Gasteiger partial charge is 0.454 e. The van der Waals surface area contributed by atoms with Gasteiger partial charge < -0.3 is 14.8 Å². The number of nitrogens with zero attached hydrogens (tertiary/aromatic N) is 4. The number of amides is 1. The van der Waals surface area contributed by atoms with Gasteiger partial charge in [0.25, 0.3) is 0 Å². The van der Waals surface area contributed by atoms with E-state index in [0.717, 1.165) is 5.56 Å². The van der Waals surface area contributed by atoms with Crippen molar-refractivity contribution in [3.05, 3.63) is 82.4 Å². The van der Waals surface area contributed by atoms with Crippen molar-refractivity contribution in [3.63, 3.8) is 0 Å². The van der Waals surface area contributed by atoms with E-state index in [2.05, 4.69) is 15.5 Å². The molecule has 174 valence electrons. The Labute approximate surface area is 193 Å². The van der Waals surface area contributed by atoms with Gasteiger partial charge >= 0.3 is 5.56 Å². The molecule has 9 nitrogen and oxygen atoms in total. The number of rotatable bonds is 7. The summed E-state index contributed by atoms with van der Waals surface area (Å²) in [7, 11) is 0. The molecule has 2 aromatic carbocycles. The number of hydrogen-bond acceptors (Lipinski definition) is 6. The summed E-state index contributed by atoms with van der Waals surface area (Å²) in [6.07, 6.45) is 3.98. The summed E-state index contributed by atoms with van der Waals surface area (Å²) in [6, 6.07) is 11.3. The Kier molecular flexibility index (Phi) is 5.70. The molecule has 4 aromatic rings. The lowest BCUT2D eigenvalue weighted by Crippen LogP contribution is -2.25. The maximum absolute atomic E-state index is 13.6. The molecule has 0 radical (unpaired) electrons. The molecule has 1 unspecified atom stereocenters. The number of benzene rings is 2. The highest BCUT2D eigenvalue weighted by Gasteiger charge is 2.17. The van der Waals surface area contributed by atoms with Crippen LogP contribution in [0.2, 0.25) is 0 Å². The van der Waals surface area contributed by atoms with Crippen LogP contribution >= 0.6 is 0 Å². The quantitative estimate of drug-likeness (QED) is 0.452. The third kappa shape index (κ3) is 4.34. The second kappa shape index (κ2) is 8.97. The first kappa shape index (κ1) is 21.6. The van der Waals surface area contributed by atoms with Crippen molar-refractivity contribution in [2.75, 3.05) is 6.79 Å². The first-order chi connectivity index (χ1) is 16.5.